The summed E-state index contributed by atoms with van der Waals surface area (Å²) in [5.74, 6) is -2.16. The Morgan fingerprint density at radius 3 is 2.77 bits per heavy atom. The molecule has 0 bridgehead atoms. The summed E-state index contributed by atoms with van der Waals surface area (Å²) in [6, 6.07) is 6.45. The summed E-state index contributed by atoms with van der Waals surface area (Å²) in [7, 11) is 1.50. The number of rotatable bonds is 6. The molecule has 31 heavy (non-hydrogen) atoms. The van der Waals surface area contributed by atoms with E-state index in [9.17, 15) is 18.4 Å². The Morgan fingerprint density at radius 2 is 2.06 bits per heavy atom. The van der Waals surface area contributed by atoms with Crippen molar-refractivity contribution in [3.8, 4) is 11.5 Å². The van der Waals surface area contributed by atoms with Gasteiger partial charge in [-0.15, -0.1) is 0 Å². The summed E-state index contributed by atoms with van der Waals surface area (Å²) in [5.41, 5.74) is 0.0767. The van der Waals surface area contributed by atoms with E-state index in [0.29, 0.717) is 0 Å². The maximum Gasteiger partial charge on any atom is 0.262 e. The van der Waals surface area contributed by atoms with Crippen LogP contribution in [0.2, 0.25) is 5.02 Å². The van der Waals surface area contributed by atoms with E-state index < -0.39 is 23.6 Å². The summed E-state index contributed by atoms with van der Waals surface area (Å²) in [6.45, 7) is 0.539. The molecule has 2 aromatic carbocycles. The van der Waals surface area contributed by atoms with Crippen LogP contribution in [0.4, 0.5) is 14.5 Å². The highest BCUT2D eigenvalue weighted by atomic mass is 35.5. The number of carbonyl (C=O) groups excluding carboxylic acids is 2. The van der Waals surface area contributed by atoms with Crippen molar-refractivity contribution in [1.29, 1.82) is 0 Å². The number of halogens is 3. The van der Waals surface area contributed by atoms with Crippen molar-refractivity contribution in [2.45, 2.75) is 6.10 Å². The quantitative estimate of drug-likeness (QED) is 0.728. The number of likely N-dealkylation sites (tertiary alicyclic amines) is 1. The van der Waals surface area contributed by atoms with Crippen LogP contribution in [0.15, 0.2) is 30.3 Å². The zero-order chi connectivity index (χ0) is 22.1. The van der Waals surface area contributed by atoms with Gasteiger partial charge in [-0.25, -0.2) is 8.78 Å². The minimum atomic E-state index is -0.740. The minimum Gasteiger partial charge on any atom is -0.485 e. The summed E-state index contributed by atoms with van der Waals surface area (Å²) >= 11 is 5.77. The molecule has 2 amide bonds. The third-order valence-electron chi connectivity index (χ3n) is 5.16. The third kappa shape index (κ3) is 4.42. The van der Waals surface area contributed by atoms with Crippen molar-refractivity contribution in [1.82, 2.24) is 4.90 Å². The highest BCUT2D eigenvalue weighted by Gasteiger charge is 2.39. The lowest BCUT2D eigenvalue weighted by molar-refractivity contribution is -0.118. The Kier molecular flexibility index (Phi) is 5.97. The molecule has 2 aromatic rings. The van der Waals surface area contributed by atoms with Crippen LogP contribution in [0, 0.1) is 17.6 Å². The maximum atomic E-state index is 14.4. The smallest absolute Gasteiger partial charge is 0.262 e. The second-order valence-electron chi connectivity index (χ2n) is 7.32. The average molecular weight is 453 g/mol. The lowest BCUT2D eigenvalue weighted by Gasteiger charge is -2.43. The van der Waals surface area contributed by atoms with E-state index in [2.05, 4.69) is 5.32 Å². The van der Waals surface area contributed by atoms with Gasteiger partial charge in [-0.2, -0.15) is 0 Å². The molecule has 1 N–H and O–H groups in total. The van der Waals surface area contributed by atoms with E-state index >= 15 is 0 Å². The number of anilines is 1. The van der Waals surface area contributed by atoms with Gasteiger partial charge in [0.1, 0.15) is 17.7 Å². The SMILES string of the molecule is COCC(Oc1ccc(Cl)cc1F)C1CN(C(=O)c2cc3c(cc2F)OCC(=O)N3)C1. The van der Waals surface area contributed by atoms with Gasteiger partial charge in [0.15, 0.2) is 18.2 Å². The standard InChI is InChI=1S/C21H19ClF2N2O5/c1-29-9-19(31-17-3-2-12(22)4-15(17)24)11-7-26(8-11)21(28)13-5-16-18(6-14(13)23)30-10-20(27)25-16/h2-6,11,19H,7-10H2,1H3,(H,25,27). The first-order valence-electron chi connectivity index (χ1n) is 9.52. The zero-order valence-corrected chi connectivity index (χ0v) is 17.2. The minimum absolute atomic E-state index is 0.0349. The molecule has 0 radical (unpaired) electrons. The Bertz CT molecular complexity index is 1030. The van der Waals surface area contributed by atoms with Gasteiger partial charge in [0, 0.05) is 37.2 Å². The molecule has 10 heteroatoms. The van der Waals surface area contributed by atoms with Crippen LogP contribution < -0.4 is 14.8 Å². The number of methoxy groups -OCH3 is 1. The second-order valence-corrected chi connectivity index (χ2v) is 7.76. The van der Waals surface area contributed by atoms with E-state index in [1.54, 1.807) is 0 Å². The van der Waals surface area contributed by atoms with Gasteiger partial charge in [0.05, 0.1) is 17.9 Å². The molecule has 0 saturated carbocycles. The van der Waals surface area contributed by atoms with Crippen LogP contribution in [0.25, 0.3) is 0 Å². The fourth-order valence-electron chi connectivity index (χ4n) is 3.51. The predicted molar refractivity (Wildman–Crippen MR) is 108 cm³/mol. The number of nitrogens with one attached hydrogen (secondary N) is 1. The van der Waals surface area contributed by atoms with Crippen molar-refractivity contribution < 1.29 is 32.6 Å². The Labute approximate surface area is 181 Å². The van der Waals surface area contributed by atoms with E-state index in [4.69, 9.17) is 25.8 Å². The largest absolute Gasteiger partial charge is 0.485 e. The van der Waals surface area contributed by atoms with Crippen LogP contribution in [0.5, 0.6) is 11.5 Å². The van der Waals surface area contributed by atoms with Crippen LogP contribution >= 0.6 is 11.6 Å². The molecule has 2 aliphatic rings. The number of fused-ring (bicyclic) bond motifs is 1. The lowest BCUT2D eigenvalue weighted by atomic mass is 9.92. The van der Waals surface area contributed by atoms with Gasteiger partial charge in [-0.05, 0) is 24.3 Å². The van der Waals surface area contributed by atoms with Gasteiger partial charge in [0.2, 0.25) is 0 Å². The number of ether oxygens (including phenoxy) is 3. The van der Waals surface area contributed by atoms with Crippen molar-refractivity contribution in [3.05, 3.63) is 52.6 Å². The van der Waals surface area contributed by atoms with Crippen molar-refractivity contribution >= 4 is 29.1 Å². The Hall–Kier alpha value is -2.91. The number of hydrogen-bond donors (Lipinski definition) is 1. The molecule has 4 rings (SSSR count). The summed E-state index contributed by atoms with van der Waals surface area (Å²) < 4.78 is 44.6. The summed E-state index contributed by atoms with van der Waals surface area (Å²) in [6.07, 6.45) is -0.509. The monoisotopic (exact) mass is 452 g/mol. The van der Waals surface area contributed by atoms with Crippen molar-refractivity contribution in [2.24, 2.45) is 5.92 Å². The van der Waals surface area contributed by atoms with Crippen LogP contribution in [0.3, 0.4) is 0 Å². The molecule has 0 spiro atoms. The number of benzene rings is 2. The highest BCUT2D eigenvalue weighted by molar-refractivity contribution is 6.30. The van der Waals surface area contributed by atoms with Crippen LogP contribution in [-0.2, 0) is 9.53 Å². The van der Waals surface area contributed by atoms with Crippen molar-refractivity contribution in [3.63, 3.8) is 0 Å². The molecule has 7 nitrogen and oxygen atoms in total. The first-order valence-corrected chi connectivity index (χ1v) is 9.89. The van der Waals surface area contributed by atoms with Gasteiger partial charge >= 0.3 is 0 Å². The molecule has 1 unspecified atom stereocenters. The topological polar surface area (TPSA) is 77.1 Å². The third-order valence-corrected chi connectivity index (χ3v) is 5.39. The van der Waals surface area contributed by atoms with E-state index in [1.165, 1.54) is 30.2 Å². The molecular formula is C21H19ClF2N2O5. The average Bonchev–Trinajstić information content (AvgIpc) is 2.68. The molecule has 164 valence electrons. The van der Waals surface area contributed by atoms with Crippen molar-refractivity contribution in [2.75, 3.05) is 38.7 Å². The second kappa shape index (κ2) is 8.68. The first kappa shape index (κ1) is 21.3. The van der Waals surface area contributed by atoms with E-state index in [-0.39, 0.29) is 65.9 Å². The van der Waals surface area contributed by atoms with Crippen LogP contribution in [-0.4, -0.2) is 56.2 Å². The first-order chi connectivity index (χ1) is 14.9. The maximum absolute atomic E-state index is 14.4. The molecule has 2 aliphatic heterocycles. The van der Waals surface area contributed by atoms with E-state index in [0.717, 1.165) is 12.1 Å². The van der Waals surface area contributed by atoms with Crippen LogP contribution in [0.1, 0.15) is 10.4 Å². The van der Waals surface area contributed by atoms with Gasteiger partial charge in [0.25, 0.3) is 11.8 Å². The normalized spacial score (nSPS) is 16.6. The molecule has 1 saturated heterocycles. The predicted octanol–water partition coefficient (Wildman–Crippen LogP) is 3.12. The highest BCUT2D eigenvalue weighted by Crippen LogP contribution is 2.33. The lowest BCUT2D eigenvalue weighted by Crippen LogP contribution is -2.56. The van der Waals surface area contributed by atoms with Gasteiger partial charge in [-0.3, -0.25) is 9.59 Å². The summed E-state index contributed by atoms with van der Waals surface area (Å²) in [4.78, 5) is 25.7. The number of amides is 2. The Morgan fingerprint density at radius 1 is 1.29 bits per heavy atom. The van der Waals surface area contributed by atoms with Gasteiger partial charge < -0.3 is 24.4 Å². The zero-order valence-electron chi connectivity index (χ0n) is 16.5. The molecule has 1 fully saturated rings. The molecule has 1 atom stereocenters. The number of nitrogens with zero attached hydrogens (tertiary/aromatic N) is 1. The number of carbonyl (C=O) groups is 2. The van der Waals surface area contributed by atoms with Gasteiger partial charge in [-0.1, -0.05) is 11.6 Å². The molecule has 0 aliphatic carbocycles. The summed E-state index contributed by atoms with van der Waals surface area (Å²) in [5, 5.41) is 2.81. The number of hydrogen-bond acceptors (Lipinski definition) is 5. The molecule has 0 aromatic heterocycles. The molecular weight excluding hydrogens is 434 g/mol. The Balaban J connectivity index is 1.44. The fourth-order valence-corrected chi connectivity index (χ4v) is 3.67. The van der Waals surface area contributed by atoms with E-state index in [1.807, 2.05) is 0 Å². The molecule has 2 heterocycles. The fraction of sp³-hybridized carbons (Fsp3) is 0.333.